The minimum Gasteiger partial charge on any atom is -0.478 e. The van der Waals surface area contributed by atoms with Gasteiger partial charge in [-0.3, -0.25) is 4.79 Å². The Bertz CT molecular complexity index is 710. The maximum atomic E-state index is 12.1. The summed E-state index contributed by atoms with van der Waals surface area (Å²) in [5.74, 6) is -0.979. The van der Waals surface area contributed by atoms with Crippen LogP contribution in [0.3, 0.4) is 0 Å². The molecular weight excluding hydrogens is 342 g/mol. The van der Waals surface area contributed by atoms with Gasteiger partial charge in [-0.05, 0) is 45.1 Å². The molecule has 0 aliphatic carbocycles. The molecule has 1 N–H and O–H groups in total. The number of nitrogens with zero attached hydrogens (tertiary/aromatic N) is 1. The van der Waals surface area contributed by atoms with E-state index in [1.165, 1.54) is 0 Å². The van der Waals surface area contributed by atoms with Crippen LogP contribution in [0.5, 0.6) is 0 Å². The van der Waals surface area contributed by atoms with E-state index in [0.717, 1.165) is 14.9 Å². The SMILES string of the molecule is O=C(O)c1ccc2c(c1)N(Cc1sccc1Br)C(=O)C2. The Kier molecular flexibility index (Phi) is 3.35. The van der Waals surface area contributed by atoms with E-state index in [1.807, 2.05) is 11.4 Å². The molecule has 4 nitrogen and oxygen atoms in total. The normalized spacial score (nSPS) is 13.7. The third kappa shape index (κ3) is 2.25. The van der Waals surface area contributed by atoms with Crippen LogP contribution in [0.15, 0.2) is 34.1 Å². The molecule has 0 saturated heterocycles. The molecule has 1 aromatic carbocycles. The minimum atomic E-state index is -0.982. The van der Waals surface area contributed by atoms with E-state index in [9.17, 15) is 9.59 Å². The molecule has 1 aliphatic heterocycles. The zero-order valence-electron chi connectivity index (χ0n) is 10.3. The number of anilines is 1. The molecule has 2 heterocycles. The lowest BCUT2D eigenvalue weighted by atomic mass is 10.1. The van der Waals surface area contributed by atoms with Crippen LogP contribution in [0.2, 0.25) is 0 Å². The lowest BCUT2D eigenvalue weighted by Crippen LogP contribution is -2.25. The van der Waals surface area contributed by atoms with Crippen molar-refractivity contribution in [2.24, 2.45) is 0 Å². The predicted molar refractivity (Wildman–Crippen MR) is 80.3 cm³/mol. The zero-order valence-corrected chi connectivity index (χ0v) is 12.7. The Morgan fingerprint density at radius 1 is 1.40 bits per heavy atom. The highest BCUT2D eigenvalue weighted by Gasteiger charge is 2.28. The highest BCUT2D eigenvalue weighted by molar-refractivity contribution is 9.10. The number of halogens is 1. The van der Waals surface area contributed by atoms with Crippen molar-refractivity contribution < 1.29 is 14.7 Å². The first-order valence-electron chi connectivity index (χ1n) is 5.94. The van der Waals surface area contributed by atoms with Gasteiger partial charge >= 0.3 is 5.97 Å². The van der Waals surface area contributed by atoms with Crippen LogP contribution in [0.1, 0.15) is 20.8 Å². The highest BCUT2D eigenvalue weighted by atomic mass is 79.9. The molecule has 0 saturated carbocycles. The maximum absolute atomic E-state index is 12.1. The first-order valence-corrected chi connectivity index (χ1v) is 7.62. The van der Waals surface area contributed by atoms with Crippen molar-refractivity contribution in [1.82, 2.24) is 0 Å². The summed E-state index contributed by atoms with van der Waals surface area (Å²) in [5, 5.41) is 11.0. The Morgan fingerprint density at radius 2 is 2.20 bits per heavy atom. The van der Waals surface area contributed by atoms with E-state index in [2.05, 4.69) is 15.9 Å². The number of amides is 1. The van der Waals surface area contributed by atoms with Gasteiger partial charge in [0, 0.05) is 15.0 Å². The number of hydrogen-bond acceptors (Lipinski definition) is 3. The quantitative estimate of drug-likeness (QED) is 0.922. The highest BCUT2D eigenvalue weighted by Crippen LogP contribution is 2.33. The van der Waals surface area contributed by atoms with Gasteiger partial charge < -0.3 is 10.0 Å². The number of rotatable bonds is 3. The predicted octanol–water partition coefficient (Wildman–Crippen LogP) is 3.30. The van der Waals surface area contributed by atoms with Crippen LogP contribution in [-0.4, -0.2) is 17.0 Å². The molecular formula is C14H10BrNO3S. The molecule has 1 amide bonds. The van der Waals surface area contributed by atoms with Gasteiger partial charge in [-0.25, -0.2) is 4.79 Å². The van der Waals surface area contributed by atoms with Gasteiger partial charge in [0.25, 0.3) is 0 Å². The molecule has 0 radical (unpaired) electrons. The van der Waals surface area contributed by atoms with Crippen molar-refractivity contribution >= 4 is 44.8 Å². The van der Waals surface area contributed by atoms with Crippen molar-refractivity contribution in [3.8, 4) is 0 Å². The molecule has 1 aliphatic rings. The second-order valence-corrected chi connectivity index (χ2v) is 6.35. The van der Waals surface area contributed by atoms with Crippen molar-refractivity contribution in [3.63, 3.8) is 0 Å². The number of carboxylic acids is 1. The van der Waals surface area contributed by atoms with Crippen molar-refractivity contribution in [1.29, 1.82) is 0 Å². The summed E-state index contributed by atoms with van der Waals surface area (Å²) in [6.07, 6.45) is 0.332. The van der Waals surface area contributed by atoms with Crippen LogP contribution in [0.4, 0.5) is 5.69 Å². The molecule has 0 fully saturated rings. The topological polar surface area (TPSA) is 57.6 Å². The van der Waals surface area contributed by atoms with Crippen LogP contribution >= 0.6 is 27.3 Å². The fourth-order valence-corrected chi connectivity index (χ4v) is 3.71. The number of carbonyl (C=O) groups is 2. The number of aromatic carboxylic acids is 1. The van der Waals surface area contributed by atoms with Crippen LogP contribution in [0.25, 0.3) is 0 Å². The fraction of sp³-hybridized carbons (Fsp3) is 0.143. The average molecular weight is 352 g/mol. The Balaban J connectivity index is 1.98. The Labute approximate surface area is 127 Å². The first kappa shape index (κ1) is 13.3. The molecule has 6 heteroatoms. The van der Waals surface area contributed by atoms with Gasteiger partial charge in [0.2, 0.25) is 5.91 Å². The van der Waals surface area contributed by atoms with Crippen LogP contribution in [-0.2, 0) is 17.8 Å². The van der Waals surface area contributed by atoms with E-state index in [4.69, 9.17) is 5.11 Å². The van der Waals surface area contributed by atoms with Crippen LogP contribution < -0.4 is 4.90 Å². The third-order valence-electron chi connectivity index (χ3n) is 3.26. The number of thiophene rings is 1. The summed E-state index contributed by atoms with van der Waals surface area (Å²) in [6.45, 7) is 0.465. The largest absolute Gasteiger partial charge is 0.478 e. The van der Waals surface area contributed by atoms with Gasteiger partial charge in [0.1, 0.15) is 0 Å². The number of fused-ring (bicyclic) bond motifs is 1. The van der Waals surface area contributed by atoms with E-state index in [1.54, 1.807) is 34.4 Å². The van der Waals surface area contributed by atoms with Gasteiger partial charge in [-0.2, -0.15) is 0 Å². The maximum Gasteiger partial charge on any atom is 0.335 e. The monoisotopic (exact) mass is 351 g/mol. The Hall–Kier alpha value is -1.66. The lowest BCUT2D eigenvalue weighted by Gasteiger charge is -2.17. The molecule has 0 atom stereocenters. The number of carbonyl (C=O) groups excluding carboxylic acids is 1. The zero-order chi connectivity index (χ0) is 14.3. The van der Waals surface area contributed by atoms with E-state index in [-0.39, 0.29) is 11.5 Å². The number of carboxylic acid groups (broad SMARTS) is 1. The molecule has 20 heavy (non-hydrogen) atoms. The van der Waals surface area contributed by atoms with E-state index < -0.39 is 5.97 Å². The summed E-state index contributed by atoms with van der Waals surface area (Å²) in [4.78, 5) is 25.9. The average Bonchev–Trinajstić information content (AvgIpc) is 2.94. The third-order valence-corrected chi connectivity index (χ3v) is 5.17. The molecule has 0 spiro atoms. The van der Waals surface area contributed by atoms with Crippen molar-refractivity contribution in [2.45, 2.75) is 13.0 Å². The van der Waals surface area contributed by atoms with Gasteiger partial charge in [-0.15, -0.1) is 11.3 Å². The van der Waals surface area contributed by atoms with Crippen LogP contribution in [0, 0.1) is 0 Å². The first-order chi connectivity index (χ1) is 9.56. The van der Waals surface area contributed by atoms with Gasteiger partial charge in [0.15, 0.2) is 0 Å². The Morgan fingerprint density at radius 3 is 2.85 bits per heavy atom. The van der Waals surface area contributed by atoms with E-state index >= 15 is 0 Å². The second kappa shape index (κ2) is 5.03. The summed E-state index contributed by atoms with van der Waals surface area (Å²) >= 11 is 5.02. The minimum absolute atomic E-state index is 0.00263. The second-order valence-electron chi connectivity index (χ2n) is 4.50. The van der Waals surface area contributed by atoms with Gasteiger partial charge in [0.05, 0.1) is 18.5 Å². The standard InChI is InChI=1S/C14H10BrNO3S/c15-10-3-4-20-12(10)7-16-11-5-9(14(18)19)2-1-8(11)6-13(16)17/h1-5H,6-7H2,(H,18,19). The molecule has 1 aromatic heterocycles. The molecule has 102 valence electrons. The van der Waals surface area contributed by atoms with Crippen molar-refractivity contribution in [3.05, 3.63) is 50.1 Å². The van der Waals surface area contributed by atoms with Gasteiger partial charge in [-0.1, -0.05) is 6.07 Å². The molecule has 3 rings (SSSR count). The fourth-order valence-electron chi connectivity index (χ4n) is 2.25. The molecule has 2 aromatic rings. The summed E-state index contributed by atoms with van der Waals surface area (Å²) in [5.41, 5.74) is 1.79. The summed E-state index contributed by atoms with van der Waals surface area (Å²) in [7, 11) is 0. The summed E-state index contributed by atoms with van der Waals surface area (Å²) in [6, 6.07) is 6.78. The molecule has 0 bridgehead atoms. The van der Waals surface area contributed by atoms with E-state index in [0.29, 0.717) is 18.7 Å². The lowest BCUT2D eigenvalue weighted by molar-refractivity contribution is -0.117. The molecule has 0 unspecified atom stereocenters. The smallest absolute Gasteiger partial charge is 0.335 e. The summed E-state index contributed by atoms with van der Waals surface area (Å²) < 4.78 is 0.970. The van der Waals surface area contributed by atoms with Crippen molar-refractivity contribution in [2.75, 3.05) is 4.90 Å². The number of benzene rings is 1. The number of hydrogen-bond donors (Lipinski definition) is 1.